The molecule has 0 rings (SSSR count). The molecular formula is C17H38N2O2. The van der Waals surface area contributed by atoms with Crippen molar-refractivity contribution in [3.05, 3.63) is 0 Å². The number of hydrogen-bond acceptors (Lipinski definition) is 4. The Morgan fingerprint density at radius 3 is 2.05 bits per heavy atom. The van der Waals surface area contributed by atoms with Gasteiger partial charge in [0.25, 0.3) is 0 Å². The average Bonchev–Trinajstić information content (AvgIpc) is 2.49. The molecule has 21 heavy (non-hydrogen) atoms. The molecule has 0 amide bonds. The molecule has 0 bridgehead atoms. The lowest BCUT2D eigenvalue weighted by Crippen LogP contribution is -2.32. The lowest BCUT2D eigenvalue weighted by Gasteiger charge is -2.22. The molecule has 0 aromatic heterocycles. The molecular weight excluding hydrogens is 264 g/mol. The van der Waals surface area contributed by atoms with Crippen LogP contribution in [0, 0.1) is 0 Å². The summed E-state index contributed by atoms with van der Waals surface area (Å²) >= 11 is 0. The SMILES string of the molecule is CCCNC(C)CCCCN(CCOCC)CCOCC. The van der Waals surface area contributed by atoms with E-state index in [1.165, 1.54) is 25.7 Å². The van der Waals surface area contributed by atoms with Crippen LogP contribution in [-0.2, 0) is 9.47 Å². The molecule has 0 saturated carbocycles. The molecule has 0 spiro atoms. The maximum atomic E-state index is 5.47. The third kappa shape index (κ3) is 14.5. The molecule has 0 fully saturated rings. The van der Waals surface area contributed by atoms with Crippen LogP contribution in [0.2, 0.25) is 0 Å². The van der Waals surface area contributed by atoms with E-state index in [2.05, 4.69) is 37.9 Å². The Labute approximate surface area is 132 Å². The summed E-state index contributed by atoms with van der Waals surface area (Å²) in [4.78, 5) is 2.47. The molecule has 0 aliphatic carbocycles. The van der Waals surface area contributed by atoms with Crippen LogP contribution in [0.15, 0.2) is 0 Å². The van der Waals surface area contributed by atoms with Crippen molar-refractivity contribution in [2.24, 2.45) is 0 Å². The van der Waals surface area contributed by atoms with Crippen LogP contribution >= 0.6 is 0 Å². The molecule has 0 heterocycles. The van der Waals surface area contributed by atoms with E-state index < -0.39 is 0 Å². The summed E-state index contributed by atoms with van der Waals surface area (Å²) < 4.78 is 10.9. The summed E-state index contributed by atoms with van der Waals surface area (Å²) in [6.45, 7) is 16.2. The van der Waals surface area contributed by atoms with Crippen molar-refractivity contribution in [3.8, 4) is 0 Å². The van der Waals surface area contributed by atoms with E-state index in [1.54, 1.807) is 0 Å². The molecule has 0 saturated heterocycles. The van der Waals surface area contributed by atoms with Gasteiger partial charge in [-0.1, -0.05) is 13.3 Å². The van der Waals surface area contributed by atoms with Gasteiger partial charge >= 0.3 is 0 Å². The first-order valence-corrected chi connectivity index (χ1v) is 8.85. The van der Waals surface area contributed by atoms with Gasteiger partial charge in [-0.3, -0.25) is 4.90 Å². The van der Waals surface area contributed by atoms with Crippen LogP contribution in [0.1, 0.15) is 53.4 Å². The van der Waals surface area contributed by atoms with Crippen molar-refractivity contribution < 1.29 is 9.47 Å². The molecule has 0 radical (unpaired) electrons. The smallest absolute Gasteiger partial charge is 0.0593 e. The molecule has 0 aromatic rings. The summed E-state index contributed by atoms with van der Waals surface area (Å²) in [5, 5.41) is 3.55. The lowest BCUT2D eigenvalue weighted by molar-refractivity contribution is 0.0819. The quantitative estimate of drug-likeness (QED) is 0.445. The fourth-order valence-corrected chi connectivity index (χ4v) is 2.29. The van der Waals surface area contributed by atoms with E-state index in [0.29, 0.717) is 6.04 Å². The van der Waals surface area contributed by atoms with Gasteiger partial charge in [0, 0.05) is 32.3 Å². The molecule has 1 N–H and O–H groups in total. The van der Waals surface area contributed by atoms with Gasteiger partial charge in [0.2, 0.25) is 0 Å². The standard InChI is InChI=1S/C17H38N2O2/c1-5-11-18-17(4)10-8-9-12-19(13-15-20-6-2)14-16-21-7-3/h17-18H,5-16H2,1-4H3. The molecule has 0 aromatic carbocycles. The van der Waals surface area contributed by atoms with Gasteiger partial charge in [-0.05, 0) is 53.1 Å². The maximum Gasteiger partial charge on any atom is 0.0593 e. The predicted molar refractivity (Wildman–Crippen MR) is 91.0 cm³/mol. The van der Waals surface area contributed by atoms with Crippen molar-refractivity contribution in [1.29, 1.82) is 0 Å². The third-order valence-electron chi connectivity index (χ3n) is 3.62. The summed E-state index contributed by atoms with van der Waals surface area (Å²) in [6, 6.07) is 0.644. The highest BCUT2D eigenvalue weighted by Crippen LogP contribution is 2.03. The van der Waals surface area contributed by atoms with Gasteiger partial charge in [-0.15, -0.1) is 0 Å². The highest BCUT2D eigenvalue weighted by atomic mass is 16.5. The molecule has 4 heteroatoms. The van der Waals surface area contributed by atoms with E-state index in [1.807, 2.05) is 0 Å². The van der Waals surface area contributed by atoms with Gasteiger partial charge in [0.05, 0.1) is 13.2 Å². The Hall–Kier alpha value is -0.160. The molecule has 1 atom stereocenters. The van der Waals surface area contributed by atoms with E-state index >= 15 is 0 Å². The van der Waals surface area contributed by atoms with E-state index in [4.69, 9.17) is 9.47 Å². The summed E-state index contributed by atoms with van der Waals surface area (Å²) in [5.41, 5.74) is 0. The number of unbranched alkanes of at least 4 members (excludes halogenated alkanes) is 1. The zero-order valence-electron chi connectivity index (χ0n) is 14.8. The number of nitrogens with zero attached hydrogens (tertiary/aromatic N) is 1. The second kappa shape index (κ2) is 16.2. The minimum atomic E-state index is 0.644. The fraction of sp³-hybridized carbons (Fsp3) is 1.00. The van der Waals surface area contributed by atoms with Crippen LogP contribution in [-0.4, -0.2) is 63.5 Å². The minimum absolute atomic E-state index is 0.644. The second-order valence-electron chi connectivity index (χ2n) is 5.59. The van der Waals surface area contributed by atoms with E-state index in [9.17, 15) is 0 Å². The van der Waals surface area contributed by atoms with Crippen LogP contribution in [0.25, 0.3) is 0 Å². The Bertz CT molecular complexity index is 193. The highest BCUT2D eigenvalue weighted by Gasteiger charge is 2.06. The largest absolute Gasteiger partial charge is 0.380 e. The van der Waals surface area contributed by atoms with Crippen molar-refractivity contribution in [3.63, 3.8) is 0 Å². The van der Waals surface area contributed by atoms with Gasteiger partial charge in [-0.25, -0.2) is 0 Å². The summed E-state index contributed by atoms with van der Waals surface area (Å²) in [7, 11) is 0. The zero-order chi connectivity index (χ0) is 15.8. The van der Waals surface area contributed by atoms with Gasteiger partial charge < -0.3 is 14.8 Å². The number of nitrogens with one attached hydrogen (secondary N) is 1. The molecule has 0 aliphatic heterocycles. The topological polar surface area (TPSA) is 33.7 Å². The number of rotatable bonds is 16. The Kier molecular flexibility index (Phi) is 16.1. The van der Waals surface area contributed by atoms with Crippen LogP contribution in [0.3, 0.4) is 0 Å². The first-order chi connectivity index (χ1) is 10.2. The Morgan fingerprint density at radius 2 is 1.52 bits per heavy atom. The molecule has 4 nitrogen and oxygen atoms in total. The zero-order valence-corrected chi connectivity index (χ0v) is 14.8. The highest BCUT2D eigenvalue weighted by molar-refractivity contribution is 4.62. The van der Waals surface area contributed by atoms with Gasteiger partial charge in [0.15, 0.2) is 0 Å². The van der Waals surface area contributed by atoms with Gasteiger partial charge in [0.1, 0.15) is 0 Å². The number of ether oxygens (including phenoxy) is 2. The summed E-state index contributed by atoms with van der Waals surface area (Å²) in [5.74, 6) is 0. The van der Waals surface area contributed by atoms with E-state index in [-0.39, 0.29) is 0 Å². The van der Waals surface area contributed by atoms with Crippen molar-refractivity contribution in [2.45, 2.75) is 59.4 Å². The van der Waals surface area contributed by atoms with Crippen molar-refractivity contribution in [2.75, 3.05) is 52.6 Å². The first-order valence-electron chi connectivity index (χ1n) is 8.85. The van der Waals surface area contributed by atoms with Crippen molar-refractivity contribution >= 4 is 0 Å². The van der Waals surface area contributed by atoms with E-state index in [0.717, 1.165) is 52.6 Å². The fourth-order valence-electron chi connectivity index (χ4n) is 2.29. The molecule has 1 unspecified atom stereocenters. The normalized spacial score (nSPS) is 13.0. The lowest BCUT2D eigenvalue weighted by atomic mass is 10.1. The van der Waals surface area contributed by atoms with Crippen LogP contribution in [0.5, 0.6) is 0 Å². The average molecular weight is 303 g/mol. The van der Waals surface area contributed by atoms with Gasteiger partial charge in [-0.2, -0.15) is 0 Å². The predicted octanol–water partition coefficient (Wildman–Crippen LogP) is 2.92. The first kappa shape index (κ1) is 20.8. The third-order valence-corrected chi connectivity index (χ3v) is 3.62. The molecule has 128 valence electrons. The Balaban J connectivity index is 3.71. The second-order valence-corrected chi connectivity index (χ2v) is 5.59. The van der Waals surface area contributed by atoms with Crippen molar-refractivity contribution in [1.82, 2.24) is 10.2 Å². The maximum absolute atomic E-state index is 5.47. The Morgan fingerprint density at radius 1 is 0.905 bits per heavy atom. The minimum Gasteiger partial charge on any atom is -0.380 e. The van der Waals surface area contributed by atoms with Crippen LogP contribution < -0.4 is 5.32 Å². The molecule has 0 aliphatic rings. The monoisotopic (exact) mass is 302 g/mol. The summed E-state index contributed by atoms with van der Waals surface area (Å²) in [6.07, 6.45) is 5.03. The van der Waals surface area contributed by atoms with Crippen LogP contribution in [0.4, 0.5) is 0 Å². The number of hydrogen-bond donors (Lipinski definition) is 1.